The van der Waals surface area contributed by atoms with Crippen molar-refractivity contribution in [2.75, 3.05) is 6.54 Å². The van der Waals surface area contributed by atoms with E-state index in [9.17, 15) is 4.79 Å². The van der Waals surface area contributed by atoms with Crippen LogP contribution in [0.25, 0.3) is 0 Å². The molecule has 4 heteroatoms. The van der Waals surface area contributed by atoms with Crippen LogP contribution in [0.1, 0.15) is 25.8 Å². The molecule has 1 atom stereocenters. The van der Waals surface area contributed by atoms with Gasteiger partial charge >= 0.3 is 0 Å². The van der Waals surface area contributed by atoms with E-state index in [4.69, 9.17) is 4.74 Å². The number of amides is 1. The average Bonchev–Trinajstić information content (AvgIpc) is 2.57. The number of carbonyl (C=O) groups is 1. The molecule has 1 amide bonds. The van der Waals surface area contributed by atoms with E-state index in [-0.39, 0.29) is 17.3 Å². The minimum absolute atomic E-state index is 0.162. The Morgan fingerprint density at radius 1 is 1.50 bits per heavy atom. The van der Waals surface area contributed by atoms with Crippen LogP contribution in [0.15, 0.2) is 24.3 Å². The van der Waals surface area contributed by atoms with Gasteiger partial charge in [0.2, 0.25) is 5.91 Å². The standard InChI is InChI=1S/C14H19NO2S/c1-10(2)17-12-5-3-4-11(6-12)8-15-9-13(18)7-14(15)16/h3-6,10,13,18H,7-9H2,1-2H3. The molecule has 2 rings (SSSR count). The topological polar surface area (TPSA) is 29.5 Å². The zero-order valence-electron chi connectivity index (χ0n) is 10.8. The minimum atomic E-state index is 0.162. The summed E-state index contributed by atoms with van der Waals surface area (Å²) < 4.78 is 5.65. The lowest BCUT2D eigenvalue weighted by molar-refractivity contribution is -0.128. The van der Waals surface area contributed by atoms with Gasteiger partial charge in [-0.2, -0.15) is 12.6 Å². The van der Waals surface area contributed by atoms with Crippen molar-refractivity contribution in [1.82, 2.24) is 4.90 Å². The van der Waals surface area contributed by atoms with Crippen molar-refractivity contribution in [3.05, 3.63) is 29.8 Å². The molecule has 0 saturated carbocycles. The molecular formula is C14H19NO2S. The summed E-state index contributed by atoms with van der Waals surface area (Å²) in [6.07, 6.45) is 0.709. The number of benzene rings is 1. The first-order valence-electron chi connectivity index (χ1n) is 6.26. The van der Waals surface area contributed by atoms with E-state index in [2.05, 4.69) is 12.6 Å². The molecule has 1 fully saturated rings. The van der Waals surface area contributed by atoms with E-state index in [0.29, 0.717) is 13.0 Å². The molecule has 98 valence electrons. The molecule has 0 radical (unpaired) electrons. The van der Waals surface area contributed by atoms with E-state index >= 15 is 0 Å². The third-order valence-electron chi connectivity index (χ3n) is 2.84. The predicted octanol–water partition coefficient (Wildman–Crippen LogP) is 2.50. The molecule has 1 aliphatic rings. The second-order valence-corrected chi connectivity index (χ2v) is 5.68. The molecular weight excluding hydrogens is 246 g/mol. The van der Waals surface area contributed by atoms with Gasteiger partial charge in [0.1, 0.15) is 5.75 Å². The van der Waals surface area contributed by atoms with Gasteiger partial charge in [0.05, 0.1) is 6.10 Å². The van der Waals surface area contributed by atoms with Gasteiger partial charge in [-0.25, -0.2) is 0 Å². The van der Waals surface area contributed by atoms with Crippen LogP contribution in [0.5, 0.6) is 5.75 Å². The summed E-state index contributed by atoms with van der Waals surface area (Å²) in [5.74, 6) is 1.04. The van der Waals surface area contributed by atoms with Crippen LogP contribution in [-0.4, -0.2) is 28.7 Å². The molecule has 1 aliphatic heterocycles. The van der Waals surface area contributed by atoms with Crippen molar-refractivity contribution in [3.8, 4) is 5.75 Å². The van der Waals surface area contributed by atoms with Gasteiger partial charge in [-0.05, 0) is 31.5 Å². The second kappa shape index (κ2) is 5.65. The number of nitrogens with zero attached hydrogens (tertiary/aromatic N) is 1. The summed E-state index contributed by atoms with van der Waals surface area (Å²) in [7, 11) is 0. The normalized spacial score (nSPS) is 19.7. The maximum atomic E-state index is 11.7. The first-order chi connectivity index (χ1) is 8.54. The van der Waals surface area contributed by atoms with Gasteiger partial charge < -0.3 is 9.64 Å². The van der Waals surface area contributed by atoms with Crippen LogP contribution in [0, 0.1) is 0 Å². The third kappa shape index (κ3) is 3.42. The fourth-order valence-electron chi connectivity index (χ4n) is 2.11. The van der Waals surface area contributed by atoms with Gasteiger partial charge in [-0.3, -0.25) is 4.79 Å². The highest BCUT2D eigenvalue weighted by molar-refractivity contribution is 7.81. The highest BCUT2D eigenvalue weighted by atomic mass is 32.1. The van der Waals surface area contributed by atoms with Crippen molar-refractivity contribution in [1.29, 1.82) is 0 Å². The summed E-state index contributed by atoms with van der Waals surface area (Å²) >= 11 is 4.36. The third-order valence-corrected chi connectivity index (χ3v) is 3.18. The number of ether oxygens (including phenoxy) is 1. The van der Waals surface area contributed by atoms with Gasteiger partial charge in [0.25, 0.3) is 0 Å². The Balaban J connectivity index is 2.03. The van der Waals surface area contributed by atoms with Crippen molar-refractivity contribution in [2.24, 2.45) is 0 Å². The quantitative estimate of drug-likeness (QED) is 0.848. The highest BCUT2D eigenvalue weighted by Crippen LogP contribution is 2.21. The first-order valence-corrected chi connectivity index (χ1v) is 6.77. The molecule has 0 N–H and O–H groups in total. The largest absolute Gasteiger partial charge is 0.491 e. The zero-order valence-corrected chi connectivity index (χ0v) is 11.7. The molecule has 1 unspecified atom stereocenters. The molecule has 0 aromatic heterocycles. The van der Waals surface area contributed by atoms with E-state index in [1.807, 2.05) is 43.0 Å². The maximum Gasteiger partial charge on any atom is 0.224 e. The number of carbonyl (C=O) groups excluding carboxylic acids is 1. The smallest absolute Gasteiger partial charge is 0.224 e. The minimum Gasteiger partial charge on any atom is -0.491 e. The van der Waals surface area contributed by atoms with E-state index < -0.39 is 0 Å². The summed E-state index contributed by atoms with van der Waals surface area (Å²) in [6, 6.07) is 7.92. The molecule has 1 aromatic carbocycles. The molecule has 1 aromatic rings. The monoisotopic (exact) mass is 265 g/mol. The van der Waals surface area contributed by atoms with Crippen LogP contribution in [0.4, 0.5) is 0 Å². The molecule has 0 spiro atoms. The number of thiol groups is 1. The number of rotatable bonds is 4. The lowest BCUT2D eigenvalue weighted by Gasteiger charge is -2.17. The van der Waals surface area contributed by atoms with Gasteiger partial charge in [0, 0.05) is 24.8 Å². The Labute approximate surface area is 114 Å². The summed E-state index contributed by atoms with van der Waals surface area (Å²) in [5, 5.41) is 0.174. The summed E-state index contributed by atoms with van der Waals surface area (Å²) in [4.78, 5) is 13.6. The lowest BCUT2D eigenvalue weighted by atomic mass is 10.2. The highest BCUT2D eigenvalue weighted by Gasteiger charge is 2.26. The van der Waals surface area contributed by atoms with Crippen LogP contribution in [0.2, 0.25) is 0 Å². The fraction of sp³-hybridized carbons (Fsp3) is 0.500. The molecule has 1 saturated heterocycles. The van der Waals surface area contributed by atoms with E-state index in [1.54, 1.807) is 0 Å². The van der Waals surface area contributed by atoms with Crippen molar-refractivity contribution < 1.29 is 9.53 Å². The zero-order chi connectivity index (χ0) is 13.1. The number of likely N-dealkylation sites (tertiary alicyclic amines) is 1. The Kier molecular flexibility index (Phi) is 4.17. The molecule has 1 heterocycles. The first kappa shape index (κ1) is 13.3. The Bertz CT molecular complexity index is 434. The molecule has 3 nitrogen and oxygen atoms in total. The lowest BCUT2D eigenvalue weighted by Crippen LogP contribution is -2.24. The van der Waals surface area contributed by atoms with Crippen molar-refractivity contribution in [3.63, 3.8) is 0 Å². The number of hydrogen-bond acceptors (Lipinski definition) is 3. The number of hydrogen-bond donors (Lipinski definition) is 1. The average molecular weight is 265 g/mol. The van der Waals surface area contributed by atoms with Crippen molar-refractivity contribution in [2.45, 2.75) is 38.2 Å². The van der Waals surface area contributed by atoms with Crippen LogP contribution >= 0.6 is 12.6 Å². The van der Waals surface area contributed by atoms with Gasteiger partial charge in [-0.15, -0.1) is 0 Å². The van der Waals surface area contributed by atoms with Crippen LogP contribution in [0.3, 0.4) is 0 Å². The molecule has 0 bridgehead atoms. The predicted molar refractivity (Wildman–Crippen MR) is 75.0 cm³/mol. The molecule has 0 aliphatic carbocycles. The van der Waals surface area contributed by atoms with Crippen molar-refractivity contribution >= 4 is 18.5 Å². The maximum absolute atomic E-state index is 11.7. The van der Waals surface area contributed by atoms with Gasteiger partial charge in [0.15, 0.2) is 0 Å². The summed E-state index contributed by atoms with van der Waals surface area (Å²) in [6.45, 7) is 5.38. The van der Waals surface area contributed by atoms with Crippen LogP contribution < -0.4 is 4.74 Å². The van der Waals surface area contributed by atoms with E-state index in [1.165, 1.54) is 0 Å². The Morgan fingerprint density at radius 2 is 2.28 bits per heavy atom. The van der Waals surface area contributed by atoms with E-state index in [0.717, 1.165) is 17.9 Å². The SMILES string of the molecule is CC(C)Oc1cccc(CN2CC(S)CC2=O)c1. The van der Waals surface area contributed by atoms with Crippen LogP contribution in [-0.2, 0) is 11.3 Å². The Hall–Kier alpha value is -1.16. The van der Waals surface area contributed by atoms with Gasteiger partial charge in [-0.1, -0.05) is 12.1 Å². The Morgan fingerprint density at radius 3 is 2.89 bits per heavy atom. The second-order valence-electron chi connectivity index (χ2n) is 4.95. The summed E-state index contributed by atoms with van der Waals surface area (Å²) in [5.41, 5.74) is 1.10. The fourth-order valence-corrected chi connectivity index (χ4v) is 2.47. The molecule has 18 heavy (non-hydrogen) atoms.